The van der Waals surface area contributed by atoms with Gasteiger partial charge in [-0.1, -0.05) is 37.6 Å². The molecule has 1 unspecified atom stereocenters. The Labute approximate surface area is 171 Å². The average Bonchev–Trinajstić information content (AvgIpc) is 2.68. The van der Waals surface area contributed by atoms with Crippen LogP contribution >= 0.6 is 11.6 Å². The minimum absolute atomic E-state index is 0.0564. The molecule has 3 rings (SSSR count). The predicted octanol–water partition coefficient (Wildman–Crippen LogP) is 4.54. The van der Waals surface area contributed by atoms with E-state index < -0.39 is 16.0 Å². The third-order valence-electron chi connectivity index (χ3n) is 4.95. The van der Waals surface area contributed by atoms with Crippen molar-refractivity contribution in [3.8, 4) is 5.75 Å². The van der Waals surface area contributed by atoms with Gasteiger partial charge in [-0.25, -0.2) is 13.2 Å². The second-order valence-electron chi connectivity index (χ2n) is 7.14. The zero-order valence-corrected chi connectivity index (χ0v) is 17.6. The van der Waals surface area contributed by atoms with Gasteiger partial charge in [-0.15, -0.1) is 0 Å². The predicted molar refractivity (Wildman–Crippen MR) is 109 cm³/mol. The van der Waals surface area contributed by atoms with Crippen molar-refractivity contribution in [2.45, 2.75) is 38.0 Å². The number of benzene rings is 2. The summed E-state index contributed by atoms with van der Waals surface area (Å²) in [5.41, 5.74) is 1.28. The number of halogens is 1. The van der Waals surface area contributed by atoms with Crippen LogP contribution in [0.5, 0.6) is 5.75 Å². The standard InChI is InChI=1S/C21H24ClNO4S/c1-3-16-6-9-18(10-7-16)27-21(24)17-8-11-19(22)20(13-17)28(25,26)23-12-4-5-15(2)14-23/h6-11,13,15H,3-5,12,14H2,1-2H3. The normalized spacial score (nSPS) is 18.0. The number of carbonyl (C=O) groups is 1. The summed E-state index contributed by atoms with van der Waals surface area (Å²) in [6.45, 7) is 4.99. The van der Waals surface area contributed by atoms with Crippen molar-refractivity contribution in [1.82, 2.24) is 4.31 Å². The monoisotopic (exact) mass is 421 g/mol. The molecule has 5 nitrogen and oxygen atoms in total. The fraction of sp³-hybridized carbons (Fsp3) is 0.381. The third-order valence-corrected chi connectivity index (χ3v) is 7.29. The molecule has 0 N–H and O–H groups in total. The van der Waals surface area contributed by atoms with E-state index in [0.29, 0.717) is 24.8 Å². The number of hydrogen-bond acceptors (Lipinski definition) is 4. The van der Waals surface area contributed by atoms with Crippen LogP contribution in [-0.2, 0) is 16.4 Å². The molecule has 0 radical (unpaired) electrons. The van der Waals surface area contributed by atoms with Gasteiger partial charge in [-0.3, -0.25) is 0 Å². The van der Waals surface area contributed by atoms with E-state index in [2.05, 4.69) is 0 Å². The van der Waals surface area contributed by atoms with Crippen molar-refractivity contribution in [2.24, 2.45) is 5.92 Å². The average molecular weight is 422 g/mol. The lowest BCUT2D eigenvalue weighted by Gasteiger charge is -2.30. The number of esters is 1. The molecule has 1 atom stereocenters. The van der Waals surface area contributed by atoms with Crippen LogP contribution in [0.2, 0.25) is 5.02 Å². The van der Waals surface area contributed by atoms with Gasteiger partial charge in [0.1, 0.15) is 10.6 Å². The summed E-state index contributed by atoms with van der Waals surface area (Å²) in [6, 6.07) is 11.4. The fourth-order valence-electron chi connectivity index (χ4n) is 3.29. The number of nitrogens with zero attached hydrogens (tertiary/aromatic N) is 1. The topological polar surface area (TPSA) is 63.7 Å². The van der Waals surface area contributed by atoms with Gasteiger partial charge in [0.05, 0.1) is 10.6 Å². The molecule has 0 aromatic heterocycles. The van der Waals surface area contributed by atoms with Gasteiger partial charge in [0.25, 0.3) is 0 Å². The molecule has 0 spiro atoms. The van der Waals surface area contributed by atoms with Crippen LogP contribution in [0.1, 0.15) is 42.6 Å². The number of ether oxygens (including phenoxy) is 1. The van der Waals surface area contributed by atoms with E-state index in [9.17, 15) is 13.2 Å². The van der Waals surface area contributed by atoms with Gasteiger partial charge in [0, 0.05) is 13.1 Å². The van der Waals surface area contributed by atoms with Crippen LogP contribution in [0.15, 0.2) is 47.4 Å². The summed E-state index contributed by atoms with van der Waals surface area (Å²) in [5.74, 6) is 0.0809. The van der Waals surface area contributed by atoms with Gasteiger partial charge in [0.2, 0.25) is 10.0 Å². The van der Waals surface area contributed by atoms with E-state index in [1.807, 2.05) is 26.0 Å². The van der Waals surface area contributed by atoms with Crippen molar-refractivity contribution >= 4 is 27.6 Å². The molecular weight excluding hydrogens is 398 g/mol. The van der Waals surface area contributed by atoms with E-state index in [1.165, 1.54) is 22.5 Å². The zero-order chi connectivity index (χ0) is 20.3. The minimum atomic E-state index is -3.77. The van der Waals surface area contributed by atoms with Crippen molar-refractivity contribution in [2.75, 3.05) is 13.1 Å². The van der Waals surface area contributed by atoms with E-state index in [-0.39, 0.29) is 15.5 Å². The quantitative estimate of drug-likeness (QED) is 0.525. The van der Waals surface area contributed by atoms with Gasteiger partial charge in [0.15, 0.2) is 0 Å². The molecule has 150 valence electrons. The lowest BCUT2D eigenvalue weighted by atomic mass is 10.0. The van der Waals surface area contributed by atoms with Crippen molar-refractivity contribution in [1.29, 1.82) is 0 Å². The van der Waals surface area contributed by atoms with Crippen molar-refractivity contribution in [3.05, 3.63) is 58.6 Å². The third kappa shape index (κ3) is 4.57. The molecule has 0 bridgehead atoms. The number of piperidine rings is 1. The molecule has 7 heteroatoms. The summed E-state index contributed by atoms with van der Waals surface area (Å²) in [4.78, 5) is 12.5. The maximum atomic E-state index is 13.0. The summed E-state index contributed by atoms with van der Waals surface area (Å²) in [7, 11) is -3.77. The molecule has 0 amide bonds. The Morgan fingerprint density at radius 3 is 2.57 bits per heavy atom. The number of sulfonamides is 1. The first-order valence-electron chi connectivity index (χ1n) is 9.42. The van der Waals surface area contributed by atoms with E-state index >= 15 is 0 Å². The Bertz CT molecular complexity index is 957. The van der Waals surface area contributed by atoms with Crippen LogP contribution in [0.25, 0.3) is 0 Å². The first-order valence-corrected chi connectivity index (χ1v) is 11.2. The molecule has 0 aliphatic carbocycles. The highest BCUT2D eigenvalue weighted by molar-refractivity contribution is 7.89. The second-order valence-corrected chi connectivity index (χ2v) is 9.46. The highest BCUT2D eigenvalue weighted by Gasteiger charge is 2.31. The largest absolute Gasteiger partial charge is 0.423 e. The smallest absolute Gasteiger partial charge is 0.343 e. The molecular formula is C21H24ClNO4S. The minimum Gasteiger partial charge on any atom is -0.423 e. The highest BCUT2D eigenvalue weighted by Crippen LogP contribution is 2.29. The Balaban J connectivity index is 1.84. The molecule has 1 aliphatic rings. The molecule has 28 heavy (non-hydrogen) atoms. The van der Waals surface area contributed by atoms with E-state index in [4.69, 9.17) is 16.3 Å². The summed E-state index contributed by atoms with van der Waals surface area (Å²) in [6.07, 6.45) is 2.71. The Morgan fingerprint density at radius 2 is 1.93 bits per heavy atom. The van der Waals surface area contributed by atoms with Gasteiger partial charge < -0.3 is 4.74 Å². The molecule has 0 saturated carbocycles. The molecule has 1 heterocycles. The number of hydrogen-bond donors (Lipinski definition) is 0. The summed E-state index contributed by atoms with van der Waals surface area (Å²) >= 11 is 6.18. The van der Waals surface area contributed by atoms with Crippen LogP contribution in [0.4, 0.5) is 0 Å². The lowest BCUT2D eigenvalue weighted by molar-refractivity contribution is 0.0734. The second kappa shape index (κ2) is 8.64. The highest BCUT2D eigenvalue weighted by atomic mass is 35.5. The Morgan fingerprint density at radius 1 is 1.21 bits per heavy atom. The maximum absolute atomic E-state index is 13.0. The SMILES string of the molecule is CCc1ccc(OC(=O)c2ccc(Cl)c(S(=O)(=O)N3CCCC(C)C3)c2)cc1. The van der Waals surface area contributed by atoms with Gasteiger partial charge >= 0.3 is 5.97 Å². The summed E-state index contributed by atoms with van der Waals surface area (Å²) in [5, 5.41) is 0.0991. The first-order chi connectivity index (χ1) is 13.3. The maximum Gasteiger partial charge on any atom is 0.343 e. The molecule has 1 aliphatic heterocycles. The molecule has 1 fully saturated rings. The number of aryl methyl sites for hydroxylation is 1. The Kier molecular flexibility index (Phi) is 6.43. The molecule has 2 aromatic carbocycles. The first kappa shape index (κ1) is 20.8. The van der Waals surface area contributed by atoms with Crippen LogP contribution in [0.3, 0.4) is 0 Å². The molecule has 2 aromatic rings. The van der Waals surface area contributed by atoms with Crippen molar-refractivity contribution < 1.29 is 17.9 Å². The number of carbonyl (C=O) groups excluding carboxylic acids is 1. The number of rotatable bonds is 5. The van der Waals surface area contributed by atoms with Gasteiger partial charge in [-0.2, -0.15) is 4.31 Å². The van der Waals surface area contributed by atoms with E-state index in [1.54, 1.807) is 12.1 Å². The lowest BCUT2D eigenvalue weighted by Crippen LogP contribution is -2.39. The zero-order valence-electron chi connectivity index (χ0n) is 16.0. The van der Waals surface area contributed by atoms with Gasteiger partial charge in [-0.05, 0) is 61.1 Å². The van der Waals surface area contributed by atoms with Crippen molar-refractivity contribution in [3.63, 3.8) is 0 Å². The Hall–Kier alpha value is -1.89. The summed E-state index contributed by atoms with van der Waals surface area (Å²) < 4.78 is 32.9. The molecule has 1 saturated heterocycles. The van der Waals surface area contributed by atoms with E-state index in [0.717, 1.165) is 24.8 Å². The fourth-order valence-corrected chi connectivity index (χ4v) is 5.39. The van der Waals surface area contributed by atoms with Crippen LogP contribution in [0, 0.1) is 5.92 Å². The van der Waals surface area contributed by atoms with Crippen LogP contribution in [-0.4, -0.2) is 31.8 Å². The van der Waals surface area contributed by atoms with Crippen LogP contribution < -0.4 is 4.74 Å².